The van der Waals surface area contributed by atoms with Crippen LogP contribution in [0.4, 0.5) is 0 Å². The maximum atomic E-state index is 5.19. The maximum absolute atomic E-state index is 5.19. The van der Waals surface area contributed by atoms with Crippen molar-refractivity contribution in [2.45, 2.75) is 20.0 Å². The molecule has 5 nitrogen and oxygen atoms in total. The Bertz CT molecular complexity index is 698. The van der Waals surface area contributed by atoms with E-state index in [2.05, 4.69) is 44.4 Å². The van der Waals surface area contributed by atoms with Crippen molar-refractivity contribution in [2.24, 2.45) is 0 Å². The van der Waals surface area contributed by atoms with Crippen LogP contribution < -0.4 is 5.32 Å². The molecule has 0 unspecified atom stereocenters. The number of rotatable bonds is 4. The van der Waals surface area contributed by atoms with Gasteiger partial charge in [-0.1, -0.05) is 23.4 Å². The minimum absolute atomic E-state index is 0.602. The highest BCUT2D eigenvalue weighted by molar-refractivity contribution is 5.84. The van der Waals surface area contributed by atoms with E-state index in [1.165, 1.54) is 16.5 Å². The van der Waals surface area contributed by atoms with Crippen molar-refractivity contribution in [1.82, 2.24) is 20.0 Å². The van der Waals surface area contributed by atoms with Gasteiger partial charge in [0.2, 0.25) is 5.89 Å². The Balaban J connectivity index is 2.03. The van der Waals surface area contributed by atoms with Crippen LogP contribution in [0.15, 0.2) is 35.0 Å². The summed E-state index contributed by atoms with van der Waals surface area (Å²) < 4.78 is 7.34. The second-order valence-electron chi connectivity index (χ2n) is 4.57. The molecule has 0 atom stereocenters. The third kappa shape index (κ3) is 2.24. The van der Waals surface area contributed by atoms with Gasteiger partial charge in [0.1, 0.15) is 6.54 Å². The number of para-hydroxylation sites is 1. The zero-order chi connectivity index (χ0) is 13.2. The Morgan fingerprint density at radius 3 is 2.89 bits per heavy atom. The zero-order valence-electron chi connectivity index (χ0n) is 11.1. The summed E-state index contributed by atoms with van der Waals surface area (Å²) >= 11 is 0. The summed E-state index contributed by atoms with van der Waals surface area (Å²) in [5.74, 6) is 1.30. The maximum Gasteiger partial charge on any atom is 0.246 e. The van der Waals surface area contributed by atoms with Gasteiger partial charge in [-0.25, -0.2) is 0 Å². The van der Waals surface area contributed by atoms with E-state index in [0.717, 1.165) is 6.54 Å². The van der Waals surface area contributed by atoms with Crippen LogP contribution in [0.5, 0.6) is 0 Å². The van der Waals surface area contributed by atoms with Gasteiger partial charge >= 0.3 is 0 Å². The second kappa shape index (κ2) is 4.85. The zero-order valence-corrected chi connectivity index (χ0v) is 11.1. The summed E-state index contributed by atoms with van der Waals surface area (Å²) in [7, 11) is 1.95. The van der Waals surface area contributed by atoms with Gasteiger partial charge in [0, 0.05) is 23.6 Å². The van der Waals surface area contributed by atoms with E-state index < -0.39 is 0 Å². The molecule has 0 amide bonds. The highest BCUT2D eigenvalue weighted by Crippen LogP contribution is 2.22. The summed E-state index contributed by atoms with van der Waals surface area (Å²) in [5, 5.41) is 8.27. The first-order valence-electron chi connectivity index (χ1n) is 6.28. The number of nitrogens with zero attached hydrogens (tertiary/aromatic N) is 3. The Morgan fingerprint density at radius 2 is 2.16 bits per heavy atom. The van der Waals surface area contributed by atoms with Crippen molar-refractivity contribution in [2.75, 3.05) is 7.05 Å². The van der Waals surface area contributed by atoms with Crippen molar-refractivity contribution in [3.63, 3.8) is 0 Å². The van der Waals surface area contributed by atoms with Gasteiger partial charge in [0.25, 0.3) is 0 Å². The number of benzene rings is 1. The van der Waals surface area contributed by atoms with E-state index in [9.17, 15) is 0 Å². The topological polar surface area (TPSA) is 55.9 Å². The Morgan fingerprint density at radius 1 is 1.32 bits per heavy atom. The molecule has 0 aliphatic heterocycles. The average molecular weight is 256 g/mol. The first-order valence-corrected chi connectivity index (χ1v) is 6.28. The summed E-state index contributed by atoms with van der Waals surface area (Å²) in [5.41, 5.74) is 2.46. The van der Waals surface area contributed by atoms with Crippen LogP contribution in [0.1, 0.15) is 17.3 Å². The molecule has 0 radical (unpaired) electrons. The van der Waals surface area contributed by atoms with E-state index in [1.54, 1.807) is 0 Å². The highest BCUT2D eigenvalue weighted by Gasteiger charge is 2.10. The first kappa shape index (κ1) is 11.9. The summed E-state index contributed by atoms with van der Waals surface area (Å²) in [4.78, 5) is 4.25. The predicted octanol–water partition coefficient (Wildman–Crippen LogP) is 2.10. The molecule has 2 aromatic heterocycles. The lowest BCUT2D eigenvalue weighted by atomic mass is 10.2. The molecule has 0 aliphatic carbocycles. The van der Waals surface area contributed by atoms with Crippen LogP contribution in [-0.2, 0) is 13.1 Å². The van der Waals surface area contributed by atoms with Crippen molar-refractivity contribution in [3.05, 3.63) is 47.7 Å². The first-order chi connectivity index (χ1) is 9.28. The van der Waals surface area contributed by atoms with Gasteiger partial charge in [-0.2, -0.15) is 4.98 Å². The second-order valence-corrected chi connectivity index (χ2v) is 4.57. The molecule has 0 saturated carbocycles. The molecule has 2 heterocycles. The van der Waals surface area contributed by atoms with Crippen molar-refractivity contribution < 1.29 is 4.52 Å². The molecule has 3 rings (SSSR count). The number of hydrogen-bond donors (Lipinski definition) is 1. The number of aromatic nitrogens is 3. The Labute approximate surface area is 111 Å². The van der Waals surface area contributed by atoms with Crippen LogP contribution in [0.3, 0.4) is 0 Å². The highest BCUT2D eigenvalue weighted by atomic mass is 16.5. The van der Waals surface area contributed by atoms with Crippen LogP contribution in [-0.4, -0.2) is 21.8 Å². The number of hydrogen-bond acceptors (Lipinski definition) is 4. The molecule has 0 spiro atoms. The summed E-state index contributed by atoms with van der Waals surface area (Å²) in [6, 6.07) is 8.35. The molecular weight excluding hydrogens is 240 g/mol. The number of aryl methyl sites for hydroxylation is 1. The van der Waals surface area contributed by atoms with Crippen LogP contribution in [0.2, 0.25) is 0 Å². The summed E-state index contributed by atoms with van der Waals surface area (Å²) in [6.45, 7) is 3.27. The molecule has 3 aromatic rings. The van der Waals surface area contributed by atoms with E-state index in [-0.39, 0.29) is 0 Å². The largest absolute Gasteiger partial charge is 0.338 e. The molecule has 98 valence electrons. The van der Waals surface area contributed by atoms with Gasteiger partial charge < -0.3 is 14.4 Å². The predicted molar refractivity (Wildman–Crippen MR) is 72.8 cm³/mol. The fraction of sp³-hybridized carbons (Fsp3) is 0.286. The fourth-order valence-electron chi connectivity index (χ4n) is 2.33. The monoisotopic (exact) mass is 256 g/mol. The standard InChI is InChI=1S/C14H16N4O/c1-10-16-14(19-17-10)9-18-8-11(7-15-2)12-5-3-4-6-13(12)18/h3-6,8,15H,7,9H2,1-2H3. The van der Waals surface area contributed by atoms with Crippen molar-refractivity contribution in [1.29, 1.82) is 0 Å². The lowest BCUT2D eigenvalue weighted by Gasteiger charge is -2.00. The van der Waals surface area contributed by atoms with Crippen molar-refractivity contribution >= 4 is 10.9 Å². The number of fused-ring (bicyclic) bond motifs is 1. The van der Waals surface area contributed by atoms with E-state index in [4.69, 9.17) is 4.52 Å². The third-order valence-corrected chi connectivity index (χ3v) is 3.11. The van der Waals surface area contributed by atoms with Gasteiger partial charge in [0.15, 0.2) is 5.82 Å². The molecule has 0 saturated heterocycles. The van der Waals surface area contributed by atoms with Gasteiger partial charge in [0.05, 0.1) is 0 Å². The van der Waals surface area contributed by atoms with Gasteiger partial charge in [-0.05, 0) is 25.6 Å². The lowest BCUT2D eigenvalue weighted by molar-refractivity contribution is 0.369. The quantitative estimate of drug-likeness (QED) is 0.776. The van der Waals surface area contributed by atoms with E-state index >= 15 is 0 Å². The van der Waals surface area contributed by atoms with Crippen molar-refractivity contribution in [3.8, 4) is 0 Å². The molecule has 19 heavy (non-hydrogen) atoms. The van der Waals surface area contributed by atoms with Gasteiger partial charge in [-0.3, -0.25) is 0 Å². The average Bonchev–Trinajstić information content (AvgIpc) is 2.97. The van der Waals surface area contributed by atoms with Crippen LogP contribution >= 0.6 is 0 Å². The number of nitrogens with one attached hydrogen (secondary N) is 1. The smallest absolute Gasteiger partial charge is 0.246 e. The van der Waals surface area contributed by atoms with E-state index in [0.29, 0.717) is 18.3 Å². The Hall–Kier alpha value is -2.14. The fourth-order valence-corrected chi connectivity index (χ4v) is 2.33. The van der Waals surface area contributed by atoms with Gasteiger partial charge in [-0.15, -0.1) is 0 Å². The minimum atomic E-state index is 0.602. The van der Waals surface area contributed by atoms with Crippen LogP contribution in [0, 0.1) is 6.92 Å². The van der Waals surface area contributed by atoms with E-state index in [1.807, 2.05) is 20.0 Å². The summed E-state index contributed by atoms with van der Waals surface area (Å²) in [6.07, 6.45) is 2.14. The molecule has 5 heteroatoms. The van der Waals surface area contributed by atoms with Crippen LogP contribution in [0.25, 0.3) is 10.9 Å². The molecule has 0 bridgehead atoms. The molecule has 1 N–H and O–H groups in total. The third-order valence-electron chi connectivity index (χ3n) is 3.11. The molecular formula is C14H16N4O. The lowest BCUT2D eigenvalue weighted by Crippen LogP contribution is -2.04. The SMILES string of the molecule is CNCc1cn(Cc2nc(C)no2)c2ccccc12. The Kier molecular flexibility index (Phi) is 3.05. The molecule has 0 aliphatic rings. The minimum Gasteiger partial charge on any atom is -0.338 e. The molecule has 1 aromatic carbocycles. The molecule has 0 fully saturated rings. The normalized spacial score (nSPS) is 11.3.